The van der Waals surface area contributed by atoms with E-state index in [-0.39, 0.29) is 0 Å². The van der Waals surface area contributed by atoms with Gasteiger partial charge in [-0.3, -0.25) is 4.99 Å². The number of hydrogen-bond donors (Lipinski definition) is 1. The minimum atomic E-state index is 0.694. The minimum absolute atomic E-state index is 0.694. The standard InChI is InChI=1S/C23H21ClN2O2/c1-27-21-11-7-19(8-12-21)25-16-15-23(17-3-5-18(24)6-4-17)26-20-9-13-22(28-2)14-10-20/h3-16,26H,1-2H3/b23-15+,25-16?. The van der Waals surface area contributed by atoms with Crippen molar-refractivity contribution in [2.45, 2.75) is 0 Å². The highest BCUT2D eigenvalue weighted by Crippen LogP contribution is 2.23. The Hall–Kier alpha value is -3.24. The molecule has 0 bridgehead atoms. The van der Waals surface area contributed by atoms with Crippen LogP contribution in [-0.2, 0) is 0 Å². The second-order valence-corrected chi connectivity index (χ2v) is 6.35. The van der Waals surface area contributed by atoms with Crippen LogP contribution in [0.25, 0.3) is 5.70 Å². The van der Waals surface area contributed by atoms with E-state index in [1.807, 2.05) is 78.9 Å². The monoisotopic (exact) mass is 392 g/mol. The van der Waals surface area contributed by atoms with Crippen molar-refractivity contribution in [3.05, 3.63) is 89.5 Å². The Kier molecular flexibility index (Phi) is 6.71. The molecule has 1 N–H and O–H groups in total. The lowest BCUT2D eigenvalue weighted by molar-refractivity contribution is 0.415. The molecular formula is C23H21ClN2O2. The minimum Gasteiger partial charge on any atom is -0.497 e. The first-order chi connectivity index (χ1) is 13.7. The molecular weight excluding hydrogens is 372 g/mol. The summed E-state index contributed by atoms with van der Waals surface area (Å²) in [5, 5.41) is 4.12. The fraction of sp³-hybridized carbons (Fsp3) is 0.0870. The molecule has 0 aliphatic rings. The van der Waals surface area contributed by atoms with Crippen molar-refractivity contribution >= 4 is 34.9 Å². The van der Waals surface area contributed by atoms with Gasteiger partial charge in [0.1, 0.15) is 11.5 Å². The summed E-state index contributed by atoms with van der Waals surface area (Å²) in [6.07, 6.45) is 3.69. The number of hydrogen-bond acceptors (Lipinski definition) is 4. The van der Waals surface area contributed by atoms with E-state index in [0.29, 0.717) is 5.02 Å². The Morgan fingerprint density at radius 2 is 1.39 bits per heavy atom. The zero-order valence-electron chi connectivity index (χ0n) is 15.7. The Labute approximate surface area is 170 Å². The average Bonchev–Trinajstić information content (AvgIpc) is 2.74. The third-order valence-corrected chi connectivity index (χ3v) is 4.31. The highest BCUT2D eigenvalue weighted by atomic mass is 35.5. The van der Waals surface area contributed by atoms with Gasteiger partial charge in [-0.05, 0) is 72.3 Å². The Morgan fingerprint density at radius 3 is 1.96 bits per heavy atom. The van der Waals surface area contributed by atoms with Gasteiger partial charge in [0.2, 0.25) is 0 Å². The molecule has 0 radical (unpaired) electrons. The predicted molar refractivity (Wildman–Crippen MR) is 117 cm³/mol. The van der Waals surface area contributed by atoms with Crippen LogP contribution in [0.2, 0.25) is 5.02 Å². The van der Waals surface area contributed by atoms with Crippen molar-refractivity contribution in [1.29, 1.82) is 0 Å². The molecule has 0 aromatic heterocycles. The first-order valence-corrected chi connectivity index (χ1v) is 9.11. The van der Waals surface area contributed by atoms with E-state index < -0.39 is 0 Å². The lowest BCUT2D eigenvalue weighted by Gasteiger charge is -2.12. The second kappa shape index (κ2) is 9.62. The Bertz CT molecular complexity index is 947. The maximum absolute atomic E-state index is 6.03. The zero-order valence-corrected chi connectivity index (χ0v) is 16.5. The summed E-state index contributed by atoms with van der Waals surface area (Å²) in [5.41, 5.74) is 3.69. The molecule has 3 rings (SSSR count). The van der Waals surface area contributed by atoms with Crippen LogP contribution >= 0.6 is 11.6 Å². The number of aliphatic imine (C=N–C) groups is 1. The number of ether oxygens (including phenoxy) is 2. The molecule has 5 heteroatoms. The molecule has 142 valence electrons. The van der Waals surface area contributed by atoms with E-state index in [0.717, 1.165) is 34.1 Å². The number of halogens is 1. The third-order valence-electron chi connectivity index (χ3n) is 4.06. The van der Waals surface area contributed by atoms with Gasteiger partial charge in [0.25, 0.3) is 0 Å². The van der Waals surface area contributed by atoms with Crippen molar-refractivity contribution in [2.24, 2.45) is 4.99 Å². The molecule has 0 atom stereocenters. The molecule has 0 aliphatic heterocycles. The molecule has 0 heterocycles. The van der Waals surface area contributed by atoms with Crippen molar-refractivity contribution in [1.82, 2.24) is 0 Å². The number of rotatable bonds is 7. The highest BCUT2D eigenvalue weighted by molar-refractivity contribution is 6.30. The first kappa shape index (κ1) is 19.5. The van der Waals surface area contributed by atoms with Gasteiger partial charge in [0.15, 0.2) is 0 Å². The number of allylic oxidation sites excluding steroid dienone is 1. The van der Waals surface area contributed by atoms with Gasteiger partial charge in [-0.1, -0.05) is 23.7 Å². The molecule has 0 amide bonds. The summed E-state index contributed by atoms with van der Waals surface area (Å²) >= 11 is 6.03. The van der Waals surface area contributed by atoms with E-state index in [1.54, 1.807) is 20.4 Å². The van der Waals surface area contributed by atoms with Gasteiger partial charge >= 0.3 is 0 Å². The van der Waals surface area contributed by atoms with Gasteiger partial charge in [-0.15, -0.1) is 0 Å². The fourth-order valence-corrected chi connectivity index (χ4v) is 2.66. The van der Waals surface area contributed by atoms with E-state index in [4.69, 9.17) is 21.1 Å². The van der Waals surface area contributed by atoms with Crippen LogP contribution in [0, 0.1) is 0 Å². The average molecular weight is 393 g/mol. The first-order valence-electron chi connectivity index (χ1n) is 8.73. The van der Waals surface area contributed by atoms with Crippen molar-refractivity contribution < 1.29 is 9.47 Å². The quantitative estimate of drug-likeness (QED) is 0.486. The SMILES string of the molecule is COc1ccc(N=C/C=C(/Nc2ccc(OC)cc2)c2ccc(Cl)cc2)cc1. The van der Waals surface area contributed by atoms with E-state index in [2.05, 4.69) is 10.3 Å². The van der Waals surface area contributed by atoms with Crippen molar-refractivity contribution in [2.75, 3.05) is 19.5 Å². The molecule has 0 fully saturated rings. The van der Waals surface area contributed by atoms with Crippen LogP contribution in [0.5, 0.6) is 11.5 Å². The maximum atomic E-state index is 6.03. The second-order valence-electron chi connectivity index (χ2n) is 5.92. The fourth-order valence-electron chi connectivity index (χ4n) is 2.54. The normalized spacial score (nSPS) is 11.5. The van der Waals surface area contributed by atoms with E-state index in [9.17, 15) is 0 Å². The molecule has 0 saturated heterocycles. The lowest BCUT2D eigenvalue weighted by atomic mass is 10.1. The van der Waals surface area contributed by atoms with Crippen LogP contribution in [0.4, 0.5) is 11.4 Å². The van der Waals surface area contributed by atoms with E-state index in [1.165, 1.54) is 0 Å². The van der Waals surface area contributed by atoms with E-state index >= 15 is 0 Å². The molecule has 28 heavy (non-hydrogen) atoms. The van der Waals surface area contributed by atoms with Crippen molar-refractivity contribution in [3.8, 4) is 11.5 Å². The maximum Gasteiger partial charge on any atom is 0.119 e. The van der Waals surface area contributed by atoms with Crippen LogP contribution < -0.4 is 14.8 Å². The van der Waals surface area contributed by atoms with Crippen LogP contribution in [0.1, 0.15) is 5.56 Å². The summed E-state index contributed by atoms with van der Waals surface area (Å²) in [7, 11) is 3.29. The van der Waals surface area contributed by atoms with Crippen LogP contribution in [0.15, 0.2) is 83.9 Å². The van der Waals surface area contributed by atoms with Crippen molar-refractivity contribution in [3.63, 3.8) is 0 Å². The smallest absolute Gasteiger partial charge is 0.119 e. The van der Waals surface area contributed by atoms with Crippen LogP contribution in [0.3, 0.4) is 0 Å². The van der Waals surface area contributed by atoms with Gasteiger partial charge in [-0.2, -0.15) is 0 Å². The molecule has 3 aromatic carbocycles. The molecule has 0 saturated carbocycles. The number of nitrogens with zero attached hydrogens (tertiary/aromatic N) is 1. The summed E-state index contributed by atoms with van der Waals surface area (Å²) in [6, 6.07) is 23.0. The number of nitrogens with one attached hydrogen (secondary N) is 1. The molecule has 4 nitrogen and oxygen atoms in total. The number of methoxy groups -OCH3 is 2. The van der Waals surface area contributed by atoms with Gasteiger partial charge < -0.3 is 14.8 Å². The largest absolute Gasteiger partial charge is 0.497 e. The van der Waals surface area contributed by atoms with Gasteiger partial charge in [0.05, 0.1) is 19.9 Å². The highest BCUT2D eigenvalue weighted by Gasteiger charge is 2.03. The molecule has 0 spiro atoms. The summed E-state index contributed by atoms with van der Waals surface area (Å²) < 4.78 is 10.4. The molecule has 0 aliphatic carbocycles. The van der Waals surface area contributed by atoms with Gasteiger partial charge in [0, 0.05) is 22.6 Å². The molecule has 0 unspecified atom stereocenters. The van der Waals surface area contributed by atoms with Gasteiger partial charge in [-0.25, -0.2) is 0 Å². The molecule has 3 aromatic rings. The number of anilines is 1. The third kappa shape index (κ3) is 5.38. The topological polar surface area (TPSA) is 42.8 Å². The lowest BCUT2D eigenvalue weighted by Crippen LogP contribution is -1.99. The predicted octanol–water partition coefficient (Wildman–Crippen LogP) is 6.21. The summed E-state index contributed by atoms with van der Waals surface area (Å²) in [6.45, 7) is 0. The summed E-state index contributed by atoms with van der Waals surface area (Å²) in [5.74, 6) is 1.61. The number of benzene rings is 3. The Morgan fingerprint density at radius 1 is 0.821 bits per heavy atom. The summed E-state index contributed by atoms with van der Waals surface area (Å²) in [4.78, 5) is 4.49. The Balaban J connectivity index is 1.84. The van der Waals surface area contributed by atoms with Crippen LogP contribution in [-0.4, -0.2) is 20.4 Å². The zero-order chi connectivity index (χ0) is 19.8.